The van der Waals surface area contributed by atoms with Crippen LogP contribution >= 0.6 is 0 Å². The van der Waals surface area contributed by atoms with E-state index in [-0.39, 0.29) is 6.10 Å². The van der Waals surface area contributed by atoms with Gasteiger partial charge in [0.25, 0.3) is 0 Å². The topological polar surface area (TPSA) is 72.3 Å². The van der Waals surface area contributed by atoms with Crippen molar-refractivity contribution in [2.75, 3.05) is 6.54 Å². The minimum atomic E-state index is -0.387. The molecule has 1 atom stereocenters. The molecule has 0 radical (unpaired) electrons. The first kappa shape index (κ1) is 10.2. The van der Waals surface area contributed by atoms with E-state index < -0.39 is 0 Å². The summed E-state index contributed by atoms with van der Waals surface area (Å²) in [4.78, 5) is 0. The minimum Gasteiger partial charge on any atom is -0.393 e. The first-order valence-electron chi connectivity index (χ1n) is 4.45. The van der Waals surface area contributed by atoms with Gasteiger partial charge < -0.3 is 15.4 Å². The molecule has 0 aliphatic rings. The first-order valence-corrected chi connectivity index (χ1v) is 4.45. The molecule has 0 aliphatic heterocycles. The molecule has 0 fully saturated rings. The minimum absolute atomic E-state index is 0.387. The van der Waals surface area contributed by atoms with Crippen LogP contribution in [0.15, 0.2) is 4.52 Å². The lowest BCUT2D eigenvalue weighted by Crippen LogP contribution is -2.16. The molecule has 74 valence electrons. The van der Waals surface area contributed by atoms with Crippen LogP contribution in [0, 0.1) is 13.8 Å². The number of nitrogens with two attached hydrogens (primary N) is 1. The standard InChI is InChI=1S/C9H16N2O2/c1-6-9(7(2)13-11-6)5-8(12)3-4-10/h8,12H,3-5,10H2,1-2H3. The van der Waals surface area contributed by atoms with Crippen LogP contribution in [0.25, 0.3) is 0 Å². The Bertz CT molecular complexity index is 251. The van der Waals surface area contributed by atoms with Crippen LogP contribution < -0.4 is 5.73 Å². The number of nitrogens with zero attached hydrogens (tertiary/aromatic N) is 1. The molecule has 0 saturated carbocycles. The number of aliphatic hydroxyl groups excluding tert-OH is 1. The molecule has 1 rings (SSSR count). The second kappa shape index (κ2) is 4.39. The van der Waals surface area contributed by atoms with Crippen LogP contribution in [-0.4, -0.2) is 22.9 Å². The van der Waals surface area contributed by atoms with Crippen LogP contribution in [-0.2, 0) is 6.42 Å². The zero-order valence-electron chi connectivity index (χ0n) is 8.08. The maximum Gasteiger partial charge on any atom is 0.137 e. The summed E-state index contributed by atoms with van der Waals surface area (Å²) in [5, 5.41) is 13.3. The van der Waals surface area contributed by atoms with E-state index in [1.54, 1.807) is 0 Å². The normalized spacial score (nSPS) is 13.2. The Balaban J connectivity index is 2.62. The number of aryl methyl sites for hydroxylation is 2. The van der Waals surface area contributed by atoms with E-state index >= 15 is 0 Å². The molecular formula is C9H16N2O2. The Hall–Kier alpha value is -0.870. The van der Waals surface area contributed by atoms with Crippen LogP contribution in [0.3, 0.4) is 0 Å². The van der Waals surface area contributed by atoms with E-state index in [1.165, 1.54) is 0 Å². The first-order chi connectivity index (χ1) is 6.15. The fourth-order valence-electron chi connectivity index (χ4n) is 1.32. The van der Waals surface area contributed by atoms with Crippen molar-refractivity contribution in [3.63, 3.8) is 0 Å². The molecule has 0 saturated heterocycles. The van der Waals surface area contributed by atoms with Crippen LogP contribution in [0.4, 0.5) is 0 Å². The van der Waals surface area contributed by atoms with Crippen molar-refractivity contribution in [3.05, 3.63) is 17.0 Å². The van der Waals surface area contributed by atoms with Gasteiger partial charge in [-0.05, 0) is 26.8 Å². The van der Waals surface area contributed by atoms with E-state index in [9.17, 15) is 5.11 Å². The van der Waals surface area contributed by atoms with Crippen molar-refractivity contribution in [2.24, 2.45) is 5.73 Å². The summed E-state index contributed by atoms with van der Waals surface area (Å²) in [7, 11) is 0. The van der Waals surface area contributed by atoms with Crippen molar-refractivity contribution in [1.82, 2.24) is 5.16 Å². The zero-order valence-corrected chi connectivity index (χ0v) is 8.08. The Labute approximate surface area is 77.7 Å². The van der Waals surface area contributed by atoms with Gasteiger partial charge >= 0.3 is 0 Å². The third-order valence-corrected chi connectivity index (χ3v) is 2.12. The van der Waals surface area contributed by atoms with Gasteiger partial charge in [0.05, 0.1) is 11.8 Å². The Morgan fingerprint density at radius 1 is 1.54 bits per heavy atom. The predicted octanol–water partition coefficient (Wildman–Crippen LogP) is 0.544. The molecule has 0 aromatic carbocycles. The Kier molecular flexibility index (Phi) is 3.45. The number of rotatable bonds is 4. The van der Waals surface area contributed by atoms with E-state index in [2.05, 4.69) is 5.16 Å². The summed E-state index contributed by atoms with van der Waals surface area (Å²) in [6, 6.07) is 0. The van der Waals surface area contributed by atoms with E-state index in [1.807, 2.05) is 13.8 Å². The fourth-order valence-corrected chi connectivity index (χ4v) is 1.32. The van der Waals surface area contributed by atoms with Gasteiger partial charge in [-0.2, -0.15) is 0 Å². The Morgan fingerprint density at radius 2 is 2.23 bits per heavy atom. The van der Waals surface area contributed by atoms with E-state index in [0.717, 1.165) is 17.0 Å². The van der Waals surface area contributed by atoms with Gasteiger partial charge in [-0.3, -0.25) is 0 Å². The smallest absolute Gasteiger partial charge is 0.137 e. The van der Waals surface area contributed by atoms with Gasteiger partial charge in [0, 0.05) is 12.0 Å². The summed E-state index contributed by atoms with van der Waals surface area (Å²) in [6.45, 7) is 4.23. The summed E-state index contributed by atoms with van der Waals surface area (Å²) >= 11 is 0. The molecule has 1 aromatic rings. The van der Waals surface area contributed by atoms with Crippen LogP contribution in [0.5, 0.6) is 0 Å². The van der Waals surface area contributed by atoms with Gasteiger partial charge in [-0.25, -0.2) is 0 Å². The quantitative estimate of drug-likeness (QED) is 0.716. The lowest BCUT2D eigenvalue weighted by Gasteiger charge is -2.07. The number of hydrogen-bond acceptors (Lipinski definition) is 4. The third kappa shape index (κ3) is 2.54. The van der Waals surface area contributed by atoms with Gasteiger partial charge in [-0.15, -0.1) is 0 Å². The molecule has 4 heteroatoms. The Morgan fingerprint density at radius 3 is 2.69 bits per heavy atom. The van der Waals surface area contributed by atoms with E-state index in [0.29, 0.717) is 19.4 Å². The summed E-state index contributed by atoms with van der Waals surface area (Å²) in [5.41, 5.74) is 7.19. The summed E-state index contributed by atoms with van der Waals surface area (Å²) in [6.07, 6.45) is 0.810. The molecule has 0 amide bonds. The van der Waals surface area contributed by atoms with Crippen molar-refractivity contribution < 1.29 is 9.63 Å². The van der Waals surface area contributed by atoms with Crippen molar-refractivity contribution >= 4 is 0 Å². The second-order valence-corrected chi connectivity index (χ2v) is 3.24. The maximum absolute atomic E-state index is 9.52. The SMILES string of the molecule is Cc1noc(C)c1CC(O)CCN. The van der Waals surface area contributed by atoms with Gasteiger partial charge in [-0.1, -0.05) is 5.16 Å². The largest absolute Gasteiger partial charge is 0.393 e. The maximum atomic E-state index is 9.52. The van der Waals surface area contributed by atoms with E-state index in [4.69, 9.17) is 10.3 Å². The third-order valence-electron chi connectivity index (χ3n) is 2.12. The summed E-state index contributed by atoms with van der Waals surface area (Å²) in [5.74, 6) is 0.786. The highest BCUT2D eigenvalue weighted by atomic mass is 16.5. The molecule has 13 heavy (non-hydrogen) atoms. The lowest BCUT2D eigenvalue weighted by molar-refractivity contribution is 0.167. The highest BCUT2D eigenvalue weighted by molar-refractivity contribution is 5.21. The lowest BCUT2D eigenvalue weighted by atomic mass is 10.0. The van der Waals surface area contributed by atoms with Gasteiger partial charge in [0.15, 0.2) is 0 Å². The number of aliphatic hydroxyl groups is 1. The molecule has 0 aliphatic carbocycles. The summed E-state index contributed by atoms with van der Waals surface area (Å²) < 4.78 is 4.98. The zero-order chi connectivity index (χ0) is 9.84. The van der Waals surface area contributed by atoms with Crippen LogP contribution in [0.2, 0.25) is 0 Å². The highest BCUT2D eigenvalue weighted by Crippen LogP contribution is 2.15. The second-order valence-electron chi connectivity index (χ2n) is 3.24. The molecule has 3 N–H and O–H groups in total. The monoisotopic (exact) mass is 184 g/mol. The molecular weight excluding hydrogens is 168 g/mol. The average molecular weight is 184 g/mol. The number of hydrogen-bond donors (Lipinski definition) is 2. The fraction of sp³-hybridized carbons (Fsp3) is 0.667. The predicted molar refractivity (Wildman–Crippen MR) is 49.4 cm³/mol. The van der Waals surface area contributed by atoms with Crippen molar-refractivity contribution in [1.29, 1.82) is 0 Å². The van der Waals surface area contributed by atoms with Gasteiger partial charge in [0.2, 0.25) is 0 Å². The van der Waals surface area contributed by atoms with Crippen molar-refractivity contribution in [3.8, 4) is 0 Å². The molecule has 4 nitrogen and oxygen atoms in total. The molecule has 1 unspecified atom stereocenters. The molecule has 1 heterocycles. The van der Waals surface area contributed by atoms with Crippen molar-refractivity contribution in [2.45, 2.75) is 32.8 Å². The molecule has 0 bridgehead atoms. The van der Waals surface area contributed by atoms with Crippen LogP contribution in [0.1, 0.15) is 23.4 Å². The average Bonchev–Trinajstić information content (AvgIpc) is 2.36. The number of aromatic nitrogens is 1. The van der Waals surface area contributed by atoms with Gasteiger partial charge in [0.1, 0.15) is 5.76 Å². The molecule has 1 aromatic heterocycles. The highest BCUT2D eigenvalue weighted by Gasteiger charge is 2.13. The molecule has 0 spiro atoms.